The molecule has 4 heterocycles. The van der Waals surface area contributed by atoms with Crippen LogP contribution in [0.3, 0.4) is 0 Å². The summed E-state index contributed by atoms with van der Waals surface area (Å²) in [6.45, 7) is 3.26. The summed E-state index contributed by atoms with van der Waals surface area (Å²) in [6.07, 6.45) is 1.44. The topological polar surface area (TPSA) is 57.5 Å². The molecule has 5 rings (SSSR count). The second-order valence-electron chi connectivity index (χ2n) is 9.22. The van der Waals surface area contributed by atoms with E-state index in [2.05, 4.69) is 27.2 Å². The third-order valence-corrected chi connectivity index (χ3v) is 8.59. The van der Waals surface area contributed by atoms with Crippen LogP contribution in [0.2, 0.25) is 0 Å². The maximum atomic E-state index is 13.8. The first-order valence-electron chi connectivity index (χ1n) is 11.2. The lowest BCUT2D eigenvalue weighted by Crippen LogP contribution is -2.63. The van der Waals surface area contributed by atoms with Crippen LogP contribution < -0.4 is 14.9 Å². The number of hydrogen-bond donors (Lipinski definition) is 2. The van der Waals surface area contributed by atoms with Gasteiger partial charge in [0.05, 0.1) is 29.0 Å². The number of halogens is 4. The molecule has 0 spiro atoms. The molecule has 6 nitrogen and oxygen atoms in total. The van der Waals surface area contributed by atoms with E-state index >= 15 is 0 Å². The molecule has 2 aliphatic rings. The van der Waals surface area contributed by atoms with E-state index in [1.165, 1.54) is 11.9 Å². The van der Waals surface area contributed by atoms with E-state index in [1.807, 2.05) is 40.6 Å². The fourth-order valence-corrected chi connectivity index (χ4v) is 5.85. The predicted molar refractivity (Wildman–Crippen MR) is 127 cm³/mol. The van der Waals surface area contributed by atoms with E-state index < -0.39 is 31.9 Å². The van der Waals surface area contributed by atoms with Gasteiger partial charge in [0.25, 0.3) is 6.43 Å². The summed E-state index contributed by atoms with van der Waals surface area (Å²) in [5, 5.41) is 10.7. The molecule has 34 heavy (non-hydrogen) atoms. The number of pyridine rings is 1. The van der Waals surface area contributed by atoms with E-state index in [0.29, 0.717) is 17.2 Å². The summed E-state index contributed by atoms with van der Waals surface area (Å²) >= 11 is 2.36. The van der Waals surface area contributed by atoms with Gasteiger partial charge in [0, 0.05) is 29.2 Å². The normalized spacial score (nSPS) is 24.3. The molecule has 0 bridgehead atoms. The average molecular weight is 515 g/mol. The summed E-state index contributed by atoms with van der Waals surface area (Å²) in [5.41, 5.74) is 2.39. The third-order valence-electron chi connectivity index (χ3n) is 6.58. The molecule has 2 N–H and O–H groups in total. The van der Waals surface area contributed by atoms with Crippen LogP contribution in [0.5, 0.6) is 0 Å². The summed E-state index contributed by atoms with van der Waals surface area (Å²) in [5.74, 6) is 0. The van der Waals surface area contributed by atoms with Gasteiger partial charge >= 0.3 is 0 Å². The van der Waals surface area contributed by atoms with Crippen molar-refractivity contribution in [3.63, 3.8) is 0 Å². The first-order chi connectivity index (χ1) is 16.3. The quantitative estimate of drug-likeness (QED) is 0.325. The maximum absolute atomic E-state index is 13.8. The van der Waals surface area contributed by atoms with Crippen molar-refractivity contribution < 1.29 is 17.6 Å². The number of piperazine rings is 1. The lowest BCUT2D eigenvalue weighted by molar-refractivity contribution is 0.150. The summed E-state index contributed by atoms with van der Waals surface area (Å²) < 4.78 is 59.1. The minimum absolute atomic E-state index is 0.0890. The van der Waals surface area contributed by atoms with Gasteiger partial charge in [0.15, 0.2) is 10.0 Å². The highest BCUT2D eigenvalue weighted by Gasteiger charge is 2.38. The Balaban J connectivity index is 1.60. The van der Waals surface area contributed by atoms with Crippen LogP contribution >= 0.6 is 23.3 Å². The van der Waals surface area contributed by atoms with Crippen LogP contribution in [0.25, 0.3) is 16.2 Å². The molecule has 0 unspecified atom stereocenters. The molecule has 0 radical (unpaired) electrons. The zero-order chi connectivity index (χ0) is 24.0. The highest BCUT2D eigenvalue weighted by atomic mass is 32.2. The van der Waals surface area contributed by atoms with Gasteiger partial charge in [-0.25, -0.2) is 17.6 Å². The SMILES string of the molecule is C[C@H]1[C@@H](CF)N[C@H](CF)CN1c1cc(SNC2(C)CC2)cn2c(-c3nnc(C(F)F)s3)ccc12. The van der Waals surface area contributed by atoms with Crippen molar-refractivity contribution >= 4 is 34.5 Å². The first kappa shape index (κ1) is 23.8. The summed E-state index contributed by atoms with van der Waals surface area (Å²) in [4.78, 5) is 2.95. The maximum Gasteiger partial charge on any atom is 0.291 e. The minimum atomic E-state index is -2.68. The number of rotatable bonds is 8. The number of hydrogen-bond acceptors (Lipinski definition) is 7. The molecular formula is C22H26F4N6S2. The number of anilines is 1. The van der Waals surface area contributed by atoms with Gasteiger partial charge in [0.2, 0.25) is 0 Å². The molecule has 1 saturated carbocycles. The van der Waals surface area contributed by atoms with Gasteiger partial charge in [-0.3, -0.25) is 4.72 Å². The van der Waals surface area contributed by atoms with Crippen molar-refractivity contribution in [1.29, 1.82) is 0 Å². The van der Waals surface area contributed by atoms with Crippen molar-refractivity contribution in [1.82, 2.24) is 24.6 Å². The first-order valence-corrected chi connectivity index (χ1v) is 12.8. The van der Waals surface area contributed by atoms with Crippen LogP contribution in [0.4, 0.5) is 23.2 Å². The molecule has 2 fully saturated rings. The Morgan fingerprint density at radius 3 is 2.71 bits per heavy atom. The second-order valence-corrected chi connectivity index (χ2v) is 11.1. The highest BCUT2D eigenvalue weighted by Crippen LogP contribution is 2.40. The van der Waals surface area contributed by atoms with E-state index in [4.69, 9.17) is 0 Å². The summed E-state index contributed by atoms with van der Waals surface area (Å²) in [6, 6.07) is 4.55. The van der Waals surface area contributed by atoms with Gasteiger partial charge in [-0.15, -0.1) is 10.2 Å². The average Bonchev–Trinajstić information content (AvgIpc) is 3.21. The molecule has 3 aromatic rings. The number of aromatic nitrogens is 3. The Morgan fingerprint density at radius 2 is 2.06 bits per heavy atom. The van der Waals surface area contributed by atoms with Crippen molar-refractivity contribution in [2.45, 2.75) is 61.7 Å². The van der Waals surface area contributed by atoms with Crippen LogP contribution in [0.1, 0.15) is 38.1 Å². The Hall–Kier alpha value is -1.89. The van der Waals surface area contributed by atoms with Crippen molar-refractivity contribution in [2.24, 2.45) is 0 Å². The van der Waals surface area contributed by atoms with Crippen LogP contribution in [0, 0.1) is 0 Å². The van der Waals surface area contributed by atoms with E-state index in [-0.39, 0.29) is 16.6 Å². The summed E-state index contributed by atoms with van der Waals surface area (Å²) in [7, 11) is 0. The van der Waals surface area contributed by atoms with E-state index in [1.54, 1.807) is 0 Å². The van der Waals surface area contributed by atoms with Gasteiger partial charge in [-0.1, -0.05) is 11.3 Å². The van der Waals surface area contributed by atoms with Crippen LogP contribution in [-0.2, 0) is 0 Å². The van der Waals surface area contributed by atoms with Crippen molar-refractivity contribution in [3.05, 3.63) is 29.4 Å². The predicted octanol–water partition coefficient (Wildman–Crippen LogP) is 5.02. The van der Waals surface area contributed by atoms with E-state index in [9.17, 15) is 17.6 Å². The third kappa shape index (κ3) is 4.52. The van der Waals surface area contributed by atoms with Crippen LogP contribution in [0.15, 0.2) is 29.3 Å². The zero-order valence-electron chi connectivity index (χ0n) is 18.8. The number of fused-ring (bicyclic) bond motifs is 1. The Labute approximate surface area is 203 Å². The van der Waals surface area contributed by atoms with E-state index in [0.717, 1.165) is 40.3 Å². The minimum Gasteiger partial charge on any atom is -0.364 e. The Kier molecular flexibility index (Phi) is 6.51. The van der Waals surface area contributed by atoms with Gasteiger partial charge < -0.3 is 14.6 Å². The second kappa shape index (κ2) is 9.29. The molecular weight excluding hydrogens is 488 g/mol. The Bertz CT molecular complexity index is 1160. The molecule has 12 heteroatoms. The molecule has 1 aliphatic carbocycles. The van der Waals surface area contributed by atoms with Crippen molar-refractivity contribution in [2.75, 3.05) is 24.8 Å². The molecule has 3 aromatic heterocycles. The fraction of sp³-hybridized carbons (Fsp3) is 0.545. The molecule has 0 aromatic carbocycles. The smallest absolute Gasteiger partial charge is 0.291 e. The molecule has 1 saturated heterocycles. The standard InChI is InChI=1S/C22H26F4N6S2/c1-12-15(9-24)27-13(8-23)10-31(12)18-7-14(34-30-22(2)5-6-22)11-32-16(18)3-4-17(32)20-28-29-21(33-20)19(25)26/h3-4,7,11-13,15,19,27,30H,5-6,8-10H2,1-2H3/t12-,13+,15+/m0/s1. The monoisotopic (exact) mass is 514 g/mol. The molecule has 184 valence electrons. The number of nitrogens with one attached hydrogen (secondary N) is 2. The largest absolute Gasteiger partial charge is 0.364 e. The molecule has 0 amide bonds. The number of alkyl halides is 4. The van der Waals surface area contributed by atoms with Gasteiger partial charge in [0.1, 0.15) is 13.3 Å². The van der Waals surface area contributed by atoms with Gasteiger partial charge in [-0.2, -0.15) is 0 Å². The molecule has 3 atom stereocenters. The fourth-order valence-electron chi connectivity index (χ4n) is 4.23. The van der Waals surface area contributed by atoms with Crippen LogP contribution in [-0.4, -0.2) is 58.2 Å². The highest BCUT2D eigenvalue weighted by molar-refractivity contribution is 7.97. The lowest BCUT2D eigenvalue weighted by atomic mass is 10.0. The lowest BCUT2D eigenvalue weighted by Gasteiger charge is -2.44. The molecule has 1 aliphatic heterocycles. The number of nitrogens with zero attached hydrogens (tertiary/aromatic N) is 4. The zero-order valence-corrected chi connectivity index (χ0v) is 20.4. The van der Waals surface area contributed by atoms with Crippen molar-refractivity contribution in [3.8, 4) is 10.7 Å². The Morgan fingerprint density at radius 1 is 1.26 bits per heavy atom. The van der Waals surface area contributed by atoms with Gasteiger partial charge in [-0.05, 0) is 56.8 Å².